The van der Waals surface area contributed by atoms with E-state index in [2.05, 4.69) is 21.0 Å². The summed E-state index contributed by atoms with van der Waals surface area (Å²) in [6.07, 6.45) is 4.14. The summed E-state index contributed by atoms with van der Waals surface area (Å²) in [7, 11) is 0. The van der Waals surface area contributed by atoms with Gasteiger partial charge in [0.2, 0.25) is 0 Å². The van der Waals surface area contributed by atoms with Crippen LogP contribution in [0.4, 0.5) is 4.39 Å². The molecule has 5 heteroatoms. The number of hydrogen-bond acceptors (Lipinski definition) is 2. The zero-order chi connectivity index (χ0) is 13.1. The molecule has 0 aliphatic rings. The quantitative estimate of drug-likeness (QED) is 0.811. The lowest BCUT2D eigenvalue weighted by atomic mass is 10.1. The van der Waals surface area contributed by atoms with Gasteiger partial charge in [-0.15, -0.1) is 0 Å². The maximum Gasteiger partial charge on any atom is 0.196 e. The van der Waals surface area contributed by atoms with Crippen LogP contribution in [-0.2, 0) is 6.54 Å². The first-order chi connectivity index (χ1) is 8.60. The van der Waals surface area contributed by atoms with Gasteiger partial charge in [0.25, 0.3) is 0 Å². The second-order valence-corrected chi connectivity index (χ2v) is 4.90. The van der Waals surface area contributed by atoms with Crippen molar-refractivity contribution in [3.05, 3.63) is 52.0 Å². The molecule has 0 atom stereocenters. The maximum atomic E-state index is 13.2. The summed E-state index contributed by atoms with van der Waals surface area (Å²) in [6.45, 7) is 2.80. The van der Waals surface area contributed by atoms with Crippen LogP contribution in [-0.4, -0.2) is 15.6 Å². The zero-order valence-corrected chi connectivity index (χ0v) is 11.4. The number of carbonyl (C=O) groups is 1. The molecule has 0 amide bonds. The lowest BCUT2D eigenvalue weighted by Gasteiger charge is -2.00. The van der Waals surface area contributed by atoms with Crippen LogP contribution in [0.3, 0.4) is 0 Å². The van der Waals surface area contributed by atoms with Gasteiger partial charge in [0, 0.05) is 22.8 Å². The molecule has 0 aliphatic carbocycles. The van der Waals surface area contributed by atoms with E-state index >= 15 is 0 Å². The number of rotatable bonds is 4. The van der Waals surface area contributed by atoms with Crippen molar-refractivity contribution in [3.63, 3.8) is 0 Å². The number of aryl methyl sites for hydroxylation is 1. The van der Waals surface area contributed by atoms with Crippen molar-refractivity contribution >= 4 is 21.7 Å². The molecular weight excluding hydrogens is 299 g/mol. The molecule has 0 N–H and O–H groups in total. The van der Waals surface area contributed by atoms with Gasteiger partial charge in [0.05, 0.1) is 11.8 Å². The van der Waals surface area contributed by atoms with Gasteiger partial charge in [0.1, 0.15) is 5.82 Å². The fourth-order valence-corrected chi connectivity index (χ4v) is 2.15. The molecule has 2 rings (SSSR count). The van der Waals surface area contributed by atoms with E-state index in [1.807, 2.05) is 6.92 Å². The van der Waals surface area contributed by atoms with Gasteiger partial charge in [-0.3, -0.25) is 9.48 Å². The third-order valence-electron chi connectivity index (χ3n) is 2.47. The van der Waals surface area contributed by atoms with E-state index in [-0.39, 0.29) is 5.78 Å². The predicted molar refractivity (Wildman–Crippen MR) is 70.1 cm³/mol. The largest absolute Gasteiger partial charge is 0.288 e. The van der Waals surface area contributed by atoms with E-state index in [4.69, 9.17) is 0 Å². The Morgan fingerprint density at radius 3 is 2.83 bits per heavy atom. The first-order valence-electron chi connectivity index (χ1n) is 5.63. The van der Waals surface area contributed by atoms with E-state index < -0.39 is 5.82 Å². The minimum Gasteiger partial charge on any atom is -0.288 e. The normalized spacial score (nSPS) is 10.6. The fourth-order valence-electron chi connectivity index (χ4n) is 1.68. The standard InChI is InChI=1S/C13H12BrFN2O/c1-2-3-17-8-10(7-16-17)13(18)9-4-11(14)6-12(15)5-9/h4-8H,2-3H2,1H3. The number of benzene rings is 1. The summed E-state index contributed by atoms with van der Waals surface area (Å²) >= 11 is 3.17. The molecule has 94 valence electrons. The van der Waals surface area contributed by atoms with Crippen molar-refractivity contribution in [3.8, 4) is 0 Å². The van der Waals surface area contributed by atoms with Crippen LogP contribution in [0, 0.1) is 5.82 Å². The molecule has 3 nitrogen and oxygen atoms in total. The van der Waals surface area contributed by atoms with E-state index in [0.29, 0.717) is 15.6 Å². The molecule has 18 heavy (non-hydrogen) atoms. The lowest BCUT2D eigenvalue weighted by Crippen LogP contribution is -2.01. The number of halogens is 2. The Morgan fingerprint density at radius 2 is 2.17 bits per heavy atom. The molecule has 0 aliphatic heterocycles. The lowest BCUT2D eigenvalue weighted by molar-refractivity contribution is 0.103. The number of nitrogens with zero attached hydrogens (tertiary/aromatic N) is 2. The highest BCUT2D eigenvalue weighted by molar-refractivity contribution is 9.10. The molecule has 0 radical (unpaired) electrons. The summed E-state index contributed by atoms with van der Waals surface area (Å²) in [6, 6.07) is 4.14. The molecule has 1 aromatic heterocycles. The third kappa shape index (κ3) is 2.85. The minimum absolute atomic E-state index is 0.224. The molecular formula is C13H12BrFN2O. The van der Waals surface area contributed by atoms with Gasteiger partial charge < -0.3 is 0 Å². The highest BCUT2D eigenvalue weighted by Gasteiger charge is 2.13. The van der Waals surface area contributed by atoms with Crippen LogP contribution in [0.15, 0.2) is 35.1 Å². The van der Waals surface area contributed by atoms with Gasteiger partial charge in [-0.1, -0.05) is 22.9 Å². The van der Waals surface area contributed by atoms with Crippen molar-refractivity contribution in [2.24, 2.45) is 0 Å². The molecule has 0 saturated heterocycles. The maximum absolute atomic E-state index is 13.2. The molecule has 0 fully saturated rings. The predicted octanol–water partition coefficient (Wildman–Crippen LogP) is 3.43. The Hall–Kier alpha value is -1.49. The van der Waals surface area contributed by atoms with Crippen molar-refractivity contribution in [2.75, 3.05) is 0 Å². The highest BCUT2D eigenvalue weighted by atomic mass is 79.9. The molecule has 0 bridgehead atoms. The van der Waals surface area contributed by atoms with Crippen LogP contribution >= 0.6 is 15.9 Å². The third-order valence-corrected chi connectivity index (χ3v) is 2.93. The van der Waals surface area contributed by atoms with Crippen LogP contribution < -0.4 is 0 Å². The van der Waals surface area contributed by atoms with Crippen molar-refractivity contribution in [2.45, 2.75) is 19.9 Å². The van der Waals surface area contributed by atoms with Gasteiger partial charge in [-0.25, -0.2) is 4.39 Å². The van der Waals surface area contributed by atoms with E-state index in [1.54, 1.807) is 16.9 Å². The van der Waals surface area contributed by atoms with E-state index in [9.17, 15) is 9.18 Å². The van der Waals surface area contributed by atoms with Gasteiger partial charge in [0.15, 0.2) is 5.78 Å². The Kier molecular flexibility index (Phi) is 3.91. The van der Waals surface area contributed by atoms with Crippen molar-refractivity contribution in [1.29, 1.82) is 0 Å². The van der Waals surface area contributed by atoms with Gasteiger partial charge in [-0.2, -0.15) is 5.10 Å². The Balaban J connectivity index is 2.29. The molecule has 0 spiro atoms. The minimum atomic E-state index is -0.436. The van der Waals surface area contributed by atoms with Gasteiger partial charge in [-0.05, 0) is 24.6 Å². The molecule has 0 unspecified atom stereocenters. The highest BCUT2D eigenvalue weighted by Crippen LogP contribution is 2.17. The summed E-state index contributed by atoms with van der Waals surface area (Å²) in [5, 5.41) is 4.09. The second-order valence-electron chi connectivity index (χ2n) is 3.98. The van der Waals surface area contributed by atoms with Crippen LogP contribution in [0.2, 0.25) is 0 Å². The zero-order valence-electron chi connectivity index (χ0n) is 9.86. The monoisotopic (exact) mass is 310 g/mol. The number of hydrogen-bond donors (Lipinski definition) is 0. The second kappa shape index (κ2) is 5.44. The molecule has 1 heterocycles. The topological polar surface area (TPSA) is 34.9 Å². The summed E-state index contributed by atoms with van der Waals surface area (Å²) in [5.74, 6) is -0.661. The Morgan fingerprint density at radius 1 is 1.39 bits per heavy atom. The molecule has 1 aromatic carbocycles. The Labute approximate surface area is 113 Å². The smallest absolute Gasteiger partial charge is 0.196 e. The SMILES string of the molecule is CCCn1cc(C(=O)c2cc(F)cc(Br)c2)cn1. The summed E-state index contributed by atoms with van der Waals surface area (Å²) in [5.41, 5.74) is 0.791. The van der Waals surface area contributed by atoms with E-state index in [1.165, 1.54) is 18.3 Å². The van der Waals surface area contributed by atoms with Crippen LogP contribution in [0.5, 0.6) is 0 Å². The number of ketones is 1. The summed E-state index contributed by atoms with van der Waals surface area (Å²) < 4.78 is 15.5. The van der Waals surface area contributed by atoms with E-state index in [0.717, 1.165) is 13.0 Å². The first-order valence-corrected chi connectivity index (χ1v) is 6.42. The average Bonchev–Trinajstić information content (AvgIpc) is 2.76. The Bertz CT molecular complexity index is 560. The van der Waals surface area contributed by atoms with Crippen LogP contribution in [0.25, 0.3) is 0 Å². The molecule has 2 aromatic rings. The molecule has 0 saturated carbocycles. The fraction of sp³-hybridized carbons (Fsp3) is 0.231. The number of aromatic nitrogens is 2. The van der Waals surface area contributed by atoms with Crippen molar-refractivity contribution in [1.82, 2.24) is 9.78 Å². The summed E-state index contributed by atoms with van der Waals surface area (Å²) in [4.78, 5) is 12.1. The van der Waals surface area contributed by atoms with Crippen molar-refractivity contribution < 1.29 is 9.18 Å². The van der Waals surface area contributed by atoms with Gasteiger partial charge >= 0.3 is 0 Å². The first kappa shape index (κ1) is 13.0. The number of carbonyl (C=O) groups excluding carboxylic acids is 1. The van der Waals surface area contributed by atoms with Crippen LogP contribution in [0.1, 0.15) is 29.3 Å². The average molecular weight is 311 g/mol.